The summed E-state index contributed by atoms with van der Waals surface area (Å²) in [5, 5.41) is 39.9. The number of hydrogen-bond acceptors (Lipinski definition) is 5. The van der Waals surface area contributed by atoms with Crippen molar-refractivity contribution in [1.82, 2.24) is 4.90 Å². The summed E-state index contributed by atoms with van der Waals surface area (Å²) < 4.78 is 0. The van der Waals surface area contributed by atoms with E-state index in [0.717, 1.165) is 17.5 Å². The van der Waals surface area contributed by atoms with Gasteiger partial charge in [0.2, 0.25) is 0 Å². The fourth-order valence-electron chi connectivity index (χ4n) is 4.44. The maximum Gasteiger partial charge on any atom is 0.337 e. The van der Waals surface area contributed by atoms with E-state index in [1.165, 1.54) is 0 Å². The predicted molar refractivity (Wildman–Crippen MR) is 127 cm³/mol. The summed E-state index contributed by atoms with van der Waals surface area (Å²) in [4.78, 5) is 37.6. The van der Waals surface area contributed by atoms with Crippen LogP contribution < -0.4 is 0 Å². The number of carbonyl (C=O) groups is 3. The minimum absolute atomic E-state index is 0.245. The van der Waals surface area contributed by atoms with Crippen molar-refractivity contribution in [3.8, 4) is 0 Å². The van der Waals surface area contributed by atoms with Gasteiger partial charge in [0.05, 0.1) is 6.42 Å². The number of nitrogens with zero attached hydrogens (tertiary/aromatic N) is 1. The number of carboxylic acids is 3. The Kier molecular flexibility index (Phi) is 10.2. The number of rotatable bonds is 15. The van der Waals surface area contributed by atoms with Gasteiger partial charge >= 0.3 is 17.9 Å². The fourth-order valence-corrected chi connectivity index (χ4v) is 4.44. The lowest BCUT2D eigenvalue weighted by molar-refractivity contribution is -0.184. The molecule has 0 amide bonds. The van der Waals surface area contributed by atoms with E-state index in [0.29, 0.717) is 25.9 Å². The Labute approximate surface area is 199 Å². The van der Waals surface area contributed by atoms with Crippen LogP contribution in [-0.4, -0.2) is 68.0 Å². The van der Waals surface area contributed by atoms with Crippen LogP contribution in [0.5, 0.6) is 0 Å². The van der Waals surface area contributed by atoms with Gasteiger partial charge in [-0.15, -0.1) is 0 Å². The third kappa shape index (κ3) is 7.40. The number of aryl methyl sites for hydroxylation is 2. The Hall–Kier alpha value is -3.23. The second kappa shape index (κ2) is 12.9. The van der Waals surface area contributed by atoms with Gasteiger partial charge in [-0.2, -0.15) is 0 Å². The highest BCUT2D eigenvalue weighted by molar-refractivity contribution is 5.90. The molecule has 0 aromatic heterocycles. The zero-order valence-electron chi connectivity index (χ0n) is 19.3. The van der Waals surface area contributed by atoms with Crippen molar-refractivity contribution in [2.24, 2.45) is 5.92 Å². The van der Waals surface area contributed by atoms with Crippen LogP contribution in [0.1, 0.15) is 37.3 Å². The molecule has 0 radical (unpaired) electrons. The SMILES string of the molecule is CCN(CCCc1ccccc1)C(CCc1ccccc1)C(C(=O)O)C(O)(CC(=O)O)C(=O)O. The van der Waals surface area contributed by atoms with Crippen LogP contribution in [0, 0.1) is 5.92 Å². The molecule has 34 heavy (non-hydrogen) atoms. The molecule has 0 spiro atoms. The molecule has 0 heterocycles. The molecule has 4 N–H and O–H groups in total. The van der Waals surface area contributed by atoms with E-state index in [2.05, 4.69) is 0 Å². The molecular formula is C26H33NO7. The number of aliphatic hydroxyl groups is 1. The molecule has 0 saturated carbocycles. The van der Waals surface area contributed by atoms with Crippen molar-refractivity contribution in [2.45, 2.75) is 50.7 Å². The van der Waals surface area contributed by atoms with E-state index >= 15 is 0 Å². The van der Waals surface area contributed by atoms with Gasteiger partial charge in [0, 0.05) is 6.04 Å². The van der Waals surface area contributed by atoms with Gasteiger partial charge in [-0.3, -0.25) is 14.5 Å². The Bertz CT molecular complexity index is 935. The van der Waals surface area contributed by atoms with Crippen molar-refractivity contribution in [3.63, 3.8) is 0 Å². The molecule has 0 fully saturated rings. The lowest BCUT2D eigenvalue weighted by Crippen LogP contribution is -2.59. The molecule has 184 valence electrons. The number of carboxylic acid groups (broad SMARTS) is 3. The summed E-state index contributed by atoms with van der Waals surface area (Å²) >= 11 is 0. The molecule has 0 aliphatic heterocycles. The van der Waals surface area contributed by atoms with Gasteiger partial charge in [0.25, 0.3) is 0 Å². The van der Waals surface area contributed by atoms with Crippen molar-refractivity contribution < 1.29 is 34.8 Å². The van der Waals surface area contributed by atoms with Crippen LogP contribution in [0.3, 0.4) is 0 Å². The van der Waals surface area contributed by atoms with E-state index in [-0.39, 0.29) is 6.42 Å². The maximum atomic E-state index is 12.4. The van der Waals surface area contributed by atoms with Crippen molar-refractivity contribution in [2.75, 3.05) is 13.1 Å². The standard InChI is InChI=1S/C26H33NO7/c1-2-27(17-9-14-19-10-5-3-6-11-19)21(16-15-20-12-7-4-8-13-20)23(24(30)31)26(34,25(32)33)18-22(28)29/h3-8,10-13,21,23,34H,2,9,14-18H2,1H3,(H,28,29)(H,30,31)(H,32,33). The molecule has 0 aliphatic carbocycles. The predicted octanol–water partition coefficient (Wildman–Crippen LogP) is 2.93. The largest absolute Gasteiger partial charge is 0.481 e. The molecular weight excluding hydrogens is 438 g/mol. The first kappa shape index (κ1) is 27.0. The van der Waals surface area contributed by atoms with Crippen molar-refractivity contribution in [1.29, 1.82) is 0 Å². The topological polar surface area (TPSA) is 135 Å². The van der Waals surface area contributed by atoms with Crippen LogP contribution >= 0.6 is 0 Å². The Morgan fingerprint density at radius 1 is 0.882 bits per heavy atom. The summed E-state index contributed by atoms with van der Waals surface area (Å²) in [6.45, 7) is 2.73. The van der Waals surface area contributed by atoms with Crippen LogP contribution in [0.15, 0.2) is 60.7 Å². The zero-order chi connectivity index (χ0) is 25.1. The van der Waals surface area contributed by atoms with E-state index < -0.39 is 41.9 Å². The van der Waals surface area contributed by atoms with E-state index in [1.807, 2.05) is 72.5 Å². The molecule has 3 unspecified atom stereocenters. The lowest BCUT2D eigenvalue weighted by Gasteiger charge is -2.40. The van der Waals surface area contributed by atoms with E-state index in [4.69, 9.17) is 0 Å². The second-order valence-electron chi connectivity index (χ2n) is 8.43. The molecule has 0 aliphatic rings. The summed E-state index contributed by atoms with van der Waals surface area (Å²) in [5.74, 6) is -6.80. The molecule has 8 heteroatoms. The minimum Gasteiger partial charge on any atom is -0.481 e. The zero-order valence-corrected chi connectivity index (χ0v) is 19.3. The van der Waals surface area contributed by atoms with Crippen LogP contribution in [0.4, 0.5) is 0 Å². The Morgan fingerprint density at radius 3 is 1.85 bits per heavy atom. The van der Waals surface area contributed by atoms with Gasteiger partial charge < -0.3 is 20.4 Å². The number of hydrogen-bond donors (Lipinski definition) is 4. The molecule has 2 rings (SSSR count). The highest BCUT2D eigenvalue weighted by atomic mass is 16.4. The first-order valence-electron chi connectivity index (χ1n) is 11.4. The van der Waals surface area contributed by atoms with Gasteiger partial charge in [-0.05, 0) is 49.9 Å². The van der Waals surface area contributed by atoms with Crippen molar-refractivity contribution in [3.05, 3.63) is 71.8 Å². The molecule has 8 nitrogen and oxygen atoms in total. The highest BCUT2D eigenvalue weighted by Crippen LogP contribution is 2.32. The van der Waals surface area contributed by atoms with Gasteiger partial charge in [0.1, 0.15) is 5.92 Å². The maximum absolute atomic E-state index is 12.4. The average Bonchev–Trinajstić information content (AvgIpc) is 2.80. The Balaban J connectivity index is 2.35. The molecule has 2 aromatic rings. The van der Waals surface area contributed by atoms with Crippen LogP contribution in [0.25, 0.3) is 0 Å². The first-order chi connectivity index (χ1) is 16.2. The number of aliphatic carboxylic acids is 3. The molecule has 3 atom stereocenters. The summed E-state index contributed by atoms with van der Waals surface area (Å²) in [6, 6.07) is 18.3. The van der Waals surface area contributed by atoms with E-state index in [1.54, 1.807) is 0 Å². The first-order valence-corrected chi connectivity index (χ1v) is 11.4. The second-order valence-corrected chi connectivity index (χ2v) is 8.43. The van der Waals surface area contributed by atoms with Gasteiger partial charge in [-0.25, -0.2) is 4.79 Å². The molecule has 2 aromatic carbocycles. The quantitative estimate of drug-likeness (QED) is 0.311. The molecule has 0 saturated heterocycles. The monoisotopic (exact) mass is 471 g/mol. The Morgan fingerprint density at radius 2 is 1.41 bits per heavy atom. The summed E-state index contributed by atoms with van der Waals surface area (Å²) in [6.07, 6.45) is 0.931. The average molecular weight is 472 g/mol. The normalized spacial score (nSPS) is 14.8. The fraction of sp³-hybridized carbons (Fsp3) is 0.423. The number of benzene rings is 2. The molecule has 0 bridgehead atoms. The van der Waals surface area contributed by atoms with Crippen molar-refractivity contribution >= 4 is 17.9 Å². The van der Waals surface area contributed by atoms with Gasteiger partial charge in [0.15, 0.2) is 5.60 Å². The van der Waals surface area contributed by atoms with E-state index in [9.17, 15) is 34.8 Å². The van der Waals surface area contributed by atoms with Gasteiger partial charge in [-0.1, -0.05) is 67.6 Å². The third-order valence-electron chi connectivity index (χ3n) is 6.16. The highest BCUT2D eigenvalue weighted by Gasteiger charge is 2.54. The summed E-state index contributed by atoms with van der Waals surface area (Å²) in [5.41, 5.74) is -0.887. The van der Waals surface area contributed by atoms with Crippen LogP contribution in [0.2, 0.25) is 0 Å². The smallest absolute Gasteiger partial charge is 0.337 e. The lowest BCUT2D eigenvalue weighted by atomic mass is 9.76. The van der Waals surface area contributed by atoms with Crippen LogP contribution in [-0.2, 0) is 27.2 Å². The summed E-state index contributed by atoms with van der Waals surface area (Å²) in [7, 11) is 0. The minimum atomic E-state index is -2.95. The third-order valence-corrected chi connectivity index (χ3v) is 6.16.